The predicted octanol–water partition coefficient (Wildman–Crippen LogP) is 4.47. The first-order valence-electron chi connectivity index (χ1n) is 11.9. The highest BCUT2D eigenvalue weighted by Crippen LogP contribution is 2.29. The molecule has 36 heavy (non-hydrogen) atoms. The van der Waals surface area contributed by atoms with Gasteiger partial charge in [0.05, 0.1) is 25.4 Å². The average molecular weight is 489 g/mol. The Bertz CT molecular complexity index is 1190. The highest BCUT2D eigenvalue weighted by Gasteiger charge is 2.13. The third kappa shape index (κ3) is 7.84. The number of aliphatic hydroxyl groups excluding tert-OH is 2. The summed E-state index contributed by atoms with van der Waals surface area (Å²) in [6.07, 6.45) is -0.135. The van der Waals surface area contributed by atoms with E-state index in [1.807, 2.05) is 62.4 Å². The van der Waals surface area contributed by atoms with E-state index >= 15 is 0 Å². The van der Waals surface area contributed by atoms with Gasteiger partial charge in [-0.05, 0) is 61.2 Å². The summed E-state index contributed by atoms with van der Waals surface area (Å²) in [6, 6.07) is 20.3. The molecule has 0 saturated carbocycles. The summed E-state index contributed by atoms with van der Waals surface area (Å²) in [5.41, 5.74) is 3.48. The molecule has 1 atom stereocenters. The van der Waals surface area contributed by atoms with Crippen LogP contribution in [-0.2, 0) is 19.4 Å². The van der Waals surface area contributed by atoms with Gasteiger partial charge in [-0.1, -0.05) is 42.5 Å². The van der Waals surface area contributed by atoms with Crippen LogP contribution in [0.25, 0.3) is 4.85 Å². The molecule has 1 amide bonds. The number of carbonyl (C=O) groups is 1. The standard InChI is InChI=1S/C29H32N2O5/c1-20(2)36-28-12-10-23(17-26(28)30-3)29(34)31-14-13-21-9-11-27(24(15-21)16-25(33)18-32)35-19-22-7-5-4-6-8-22/h4-12,15,17,20,25,32-33H,13-14,16,18-19H2,1-2H3,(H,31,34). The van der Waals surface area contributed by atoms with Crippen LogP contribution in [0.2, 0.25) is 0 Å². The molecule has 1 unspecified atom stereocenters. The monoisotopic (exact) mass is 488 g/mol. The van der Waals surface area contributed by atoms with Crippen molar-refractivity contribution in [1.82, 2.24) is 5.32 Å². The SMILES string of the molecule is [C-]#[N+]c1cc(C(=O)NCCc2ccc(OCc3ccccc3)c(CC(O)CO)c2)ccc1OC(C)C. The van der Waals surface area contributed by atoms with Crippen molar-refractivity contribution in [2.24, 2.45) is 0 Å². The molecule has 188 valence electrons. The number of benzene rings is 3. The molecule has 0 aliphatic rings. The highest BCUT2D eigenvalue weighted by atomic mass is 16.5. The van der Waals surface area contributed by atoms with Gasteiger partial charge in [-0.2, -0.15) is 0 Å². The molecule has 0 fully saturated rings. The molecule has 0 radical (unpaired) electrons. The molecule has 3 aromatic carbocycles. The summed E-state index contributed by atoms with van der Waals surface area (Å²) in [7, 11) is 0. The Kier molecular flexibility index (Phi) is 9.87. The lowest BCUT2D eigenvalue weighted by Gasteiger charge is -2.16. The second-order valence-corrected chi connectivity index (χ2v) is 8.72. The van der Waals surface area contributed by atoms with Crippen LogP contribution in [0.5, 0.6) is 11.5 Å². The second-order valence-electron chi connectivity index (χ2n) is 8.72. The van der Waals surface area contributed by atoms with Crippen LogP contribution in [0.4, 0.5) is 5.69 Å². The molecule has 3 N–H and O–H groups in total. The van der Waals surface area contributed by atoms with Crippen molar-refractivity contribution in [3.05, 3.63) is 100 Å². The number of amides is 1. The van der Waals surface area contributed by atoms with E-state index in [1.54, 1.807) is 12.1 Å². The van der Waals surface area contributed by atoms with Crippen LogP contribution in [0.1, 0.15) is 40.9 Å². The molecule has 7 nitrogen and oxygen atoms in total. The minimum absolute atomic E-state index is 0.0660. The number of rotatable bonds is 12. The zero-order valence-electron chi connectivity index (χ0n) is 20.6. The quantitative estimate of drug-likeness (QED) is 0.327. The van der Waals surface area contributed by atoms with Crippen LogP contribution in [0.3, 0.4) is 0 Å². The number of hydrogen-bond donors (Lipinski definition) is 3. The maximum Gasteiger partial charge on any atom is 0.250 e. The zero-order chi connectivity index (χ0) is 25.9. The number of hydrogen-bond acceptors (Lipinski definition) is 5. The van der Waals surface area contributed by atoms with Crippen LogP contribution in [0, 0.1) is 6.57 Å². The van der Waals surface area contributed by atoms with Gasteiger partial charge in [-0.25, -0.2) is 4.85 Å². The van der Waals surface area contributed by atoms with E-state index in [0.717, 1.165) is 16.7 Å². The van der Waals surface area contributed by atoms with Crippen molar-refractivity contribution in [2.45, 2.75) is 45.5 Å². The lowest BCUT2D eigenvalue weighted by Crippen LogP contribution is -2.25. The highest BCUT2D eigenvalue weighted by molar-refractivity contribution is 5.95. The topological polar surface area (TPSA) is 92.4 Å². The van der Waals surface area contributed by atoms with Gasteiger partial charge >= 0.3 is 0 Å². The van der Waals surface area contributed by atoms with Crippen molar-refractivity contribution in [2.75, 3.05) is 13.2 Å². The third-order valence-electron chi connectivity index (χ3n) is 5.43. The Labute approximate surface area is 212 Å². The van der Waals surface area contributed by atoms with Crippen LogP contribution >= 0.6 is 0 Å². The van der Waals surface area contributed by atoms with Gasteiger partial charge in [-0.3, -0.25) is 4.79 Å². The third-order valence-corrected chi connectivity index (χ3v) is 5.43. The fraction of sp³-hybridized carbons (Fsp3) is 0.310. The first kappa shape index (κ1) is 26.7. The number of nitrogens with one attached hydrogen (secondary N) is 1. The second kappa shape index (κ2) is 13.3. The first-order valence-corrected chi connectivity index (χ1v) is 11.9. The molecular formula is C29H32N2O5. The Morgan fingerprint density at radius 1 is 1.03 bits per heavy atom. The summed E-state index contributed by atoms with van der Waals surface area (Å²) in [4.78, 5) is 16.1. The number of ether oxygens (including phenoxy) is 2. The van der Waals surface area contributed by atoms with Crippen LogP contribution < -0.4 is 14.8 Å². The molecule has 7 heteroatoms. The summed E-state index contributed by atoms with van der Waals surface area (Å²) in [5.74, 6) is 0.841. The van der Waals surface area contributed by atoms with E-state index in [9.17, 15) is 15.0 Å². The zero-order valence-corrected chi connectivity index (χ0v) is 20.6. The number of carbonyl (C=O) groups excluding carboxylic acids is 1. The largest absolute Gasteiger partial charge is 0.502 e. The summed E-state index contributed by atoms with van der Waals surface area (Å²) >= 11 is 0. The van der Waals surface area contributed by atoms with Gasteiger partial charge in [0.1, 0.15) is 18.1 Å². The van der Waals surface area contributed by atoms with E-state index in [-0.39, 0.29) is 25.0 Å². The minimum atomic E-state index is -0.890. The lowest BCUT2D eigenvalue weighted by atomic mass is 10.0. The van der Waals surface area contributed by atoms with E-state index in [1.165, 1.54) is 6.07 Å². The first-order chi connectivity index (χ1) is 17.4. The maximum absolute atomic E-state index is 12.6. The fourth-order valence-corrected chi connectivity index (χ4v) is 3.66. The van der Waals surface area contributed by atoms with E-state index < -0.39 is 6.10 Å². The maximum atomic E-state index is 12.6. The Balaban J connectivity index is 1.63. The molecule has 0 aliphatic carbocycles. The summed E-state index contributed by atoms with van der Waals surface area (Å²) < 4.78 is 11.6. The van der Waals surface area contributed by atoms with Gasteiger partial charge in [0.15, 0.2) is 0 Å². The van der Waals surface area contributed by atoms with E-state index in [4.69, 9.17) is 16.0 Å². The molecule has 3 aromatic rings. The molecule has 0 aliphatic heterocycles. The van der Waals surface area contributed by atoms with Gasteiger partial charge < -0.3 is 25.0 Å². The number of aliphatic hydroxyl groups is 2. The Morgan fingerprint density at radius 2 is 1.78 bits per heavy atom. The molecule has 0 bridgehead atoms. The van der Waals surface area contributed by atoms with Crippen LogP contribution in [-0.4, -0.2) is 41.5 Å². The van der Waals surface area contributed by atoms with Gasteiger partial charge in [-0.15, -0.1) is 0 Å². The smallest absolute Gasteiger partial charge is 0.250 e. The molecular weight excluding hydrogens is 456 g/mol. The van der Waals surface area contributed by atoms with Crippen molar-refractivity contribution < 1.29 is 24.5 Å². The Morgan fingerprint density at radius 3 is 2.47 bits per heavy atom. The average Bonchev–Trinajstić information content (AvgIpc) is 2.88. The minimum Gasteiger partial charge on any atom is -0.502 e. The Hall–Kier alpha value is -3.86. The molecule has 0 spiro atoms. The fourth-order valence-electron chi connectivity index (χ4n) is 3.66. The lowest BCUT2D eigenvalue weighted by molar-refractivity contribution is 0.0947. The van der Waals surface area contributed by atoms with Gasteiger partial charge in [0, 0.05) is 18.5 Å². The van der Waals surface area contributed by atoms with Crippen molar-refractivity contribution in [1.29, 1.82) is 0 Å². The molecule has 0 saturated heterocycles. The molecule has 0 aromatic heterocycles. The van der Waals surface area contributed by atoms with E-state index in [0.29, 0.717) is 42.3 Å². The molecule has 0 heterocycles. The van der Waals surface area contributed by atoms with E-state index in [2.05, 4.69) is 10.2 Å². The normalized spacial score (nSPS) is 11.6. The van der Waals surface area contributed by atoms with Crippen LogP contribution in [0.15, 0.2) is 66.7 Å². The van der Waals surface area contributed by atoms with Crippen molar-refractivity contribution in [3.63, 3.8) is 0 Å². The van der Waals surface area contributed by atoms with Gasteiger partial charge in [0.25, 0.3) is 0 Å². The summed E-state index contributed by atoms with van der Waals surface area (Å²) in [6.45, 7) is 11.6. The van der Waals surface area contributed by atoms with Crippen molar-refractivity contribution in [3.8, 4) is 11.5 Å². The van der Waals surface area contributed by atoms with Gasteiger partial charge in [0.2, 0.25) is 11.6 Å². The molecule has 3 rings (SSSR count). The number of nitrogens with zero attached hydrogens (tertiary/aromatic N) is 1. The summed E-state index contributed by atoms with van der Waals surface area (Å²) in [5, 5.41) is 22.2. The predicted molar refractivity (Wildman–Crippen MR) is 139 cm³/mol. The van der Waals surface area contributed by atoms with Crippen molar-refractivity contribution >= 4 is 11.6 Å².